The summed E-state index contributed by atoms with van der Waals surface area (Å²) in [6.07, 6.45) is 1.56. The average molecular weight is 345 g/mol. The lowest BCUT2D eigenvalue weighted by Crippen LogP contribution is -2.42. The van der Waals surface area contributed by atoms with Gasteiger partial charge in [0.25, 0.3) is 5.91 Å². The minimum Gasteiger partial charge on any atom is -0.496 e. The second-order valence-electron chi connectivity index (χ2n) is 5.86. The number of rotatable bonds is 9. The topological polar surface area (TPSA) is 111 Å². The summed E-state index contributed by atoms with van der Waals surface area (Å²) in [5.74, 6) is -1.06. The van der Waals surface area contributed by atoms with Gasteiger partial charge in [-0.1, -0.05) is 32.0 Å². The van der Waals surface area contributed by atoms with E-state index in [2.05, 4.69) is 10.6 Å². The molecule has 25 heavy (non-hydrogen) atoms. The zero-order chi connectivity index (χ0) is 18.8. The van der Waals surface area contributed by atoms with Crippen LogP contribution in [0.1, 0.15) is 25.8 Å². The Hall–Kier alpha value is -3.01. The van der Waals surface area contributed by atoms with E-state index in [-0.39, 0.29) is 17.9 Å². The van der Waals surface area contributed by atoms with E-state index < -0.39 is 17.9 Å². The first-order valence-electron chi connectivity index (χ1n) is 7.88. The van der Waals surface area contributed by atoms with E-state index >= 15 is 0 Å². The fourth-order valence-corrected chi connectivity index (χ4v) is 2.19. The van der Waals surface area contributed by atoms with E-state index in [1.54, 1.807) is 13.2 Å². The van der Waals surface area contributed by atoms with Crippen LogP contribution in [0, 0.1) is 17.2 Å². The number of methoxy groups -OCH3 is 1. The Kier molecular flexibility index (Phi) is 8.00. The average Bonchev–Trinajstić information content (AvgIpc) is 2.57. The fraction of sp³-hybridized carbons (Fsp3) is 0.389. The number of ether oxygens (including phenoxy) is 1. The van der Waals surface area contributed by atoms with Crippen LogP contribution in [-0.4, -0.2) is 30.1 Å². The third-order valence-corrected chi connectivity index (χ3v) is 3.41. The number of carboxylic acids is 1. The van der Waals surface area contributed by atoms with E-state index in [9.17, 15) is 9.59 Å². The van der Waals surface area contributed by atoms with Crippen LogP contribution in [0.5, 0.6) is 5.75 Å². The third kappa shape index (κ3) is 6.55. The molecule has 1 unspecified atom stereocenters. The largest absolute Gasteiger partial charge is 0.496 e. The SMILES string of the molecule is COc1ccccc1CN/C=C(/C#N)C(=O)NC(CC(C)C)C(=O)O. The number of para-hydroxylation sites is 1. The van der Waals surface area contributed by atoms with Crippen molar-refractivity contribution in [2.24, 2.45) is 5.92 Å². The molecule has 1 aromatic carbocycles. The molecule has 3 N–H and O–H groups in total. The lowest BCUT2D eigenvalue weighted by atomic mass is 10.0. The molecule has 0 saturated carbocycles. The Morgan fingerprint density at radius 1 is 1.36 bits per heavy atom. The Bertz CT molecular complexity index is 677. The number of carbonyl (C=O) groups excluding carboxylic acids is 1. The van der Waals surface area contributed by atoms with E-state index in [4.69, 9.17) is 15.1 Å². The Morgan fingerprint density at radius 3 is 2.60 bits per heavy atom. The van der Waals surface area contributed by atoms with Crippen LogP contribution in [0.2, 0.25) is 0 Å². The van der Waals surface area contributed by atoms with E-state index in [0.29, 0.717) is 12.3 Å². The molecule has 7 heteroatoms. The molecule has 0 spiro atoms. The van der Waals surface area contributed by atoms with Crippen molar-refractivity contribution in [3.05, 3.63) is 41.6 Å². The van der Waals surface area contributed by atoms with Crippen molar-refractivity contribution in [3.8, 4) is 11.8 Å². The van der Waals surface area contributed by atoms with Gasteiger partial charge in [0, 0.05) is 18.3 Å². The van der Waals surface area contributed by atoms with Gasteiger partial charge >= 0.3 is 5.97 Å². The lowest BCUT2D eigenvalue weighted by molar-refractivity contribution is -0.141. The van der Waals surface area contributed by atoms with Gasteiger partial charge in [-0.25, -0.2) is 4.79 Å². The maximum Gasteiger partial charge on any atom is 0.326 e. The first kappa shape index (κ1) is 20.0. The van der Waals surface area contributed by atoms with Crippen molar-refractivity contribution < 1.29 is 19.4 Å². The molecule has 0 aliphatic heterocycles. The highest BCUT2D eigenvalue weighted by Crippen LogP contribution is 2.16. The summed E-state index contributed by atoms with van der Waals surface area (Å²) in [7, 11) is 1.56. The summed E-state index contributed by atoms with van der Waals surface area (Å²) in [5, 5.41) is 23.6. The number of amides is 1. The molecule has 1 aromatic rings. The summed E-state index contributed by atoms with van der Waals surface area (Å²) in [6, 6.07) is 8.10. The van der Waals surface area contributed by atoms with Gasteiger partial charge in [0.15, 0.2) is 0 Å². The van der Waals surface area contributed by atoms with E-state index in [1.807, 2.05) is 38.1 Å². The number of nitrogens with zero attached hydrogens (tertiary/aromatic N) is 1. The van der Waals surface area contributed by atoms with Crippen LogP contribution < -0.4 is 15.4 Å². The standard InChI is InChI=1S/C18H23N3O4/c1-12(2)8-15(18(23)24)21-17(22)14(9-19)11-20-10-13-6-4-5-7-16(13)25-3/h4-7,11-12,15,20H,8,10H2,1-3H3,(H,21,22)(H,23,24)/b14-11-. The molecule has 1 atom stereocenters. The first-order valence-corrected chi connectivity index (χ1v) is 7.88. The van der Waals surface area contributed by atoms with Gasteiger partial charge in [-0.3, -0.25) is 4.79 Å². The van der Waals surface area contributed by atoms with Crippen LogP contribution in [0.25, 0.3) is 0 Å². The van der Waals surface area contributed by atoms with Crippen molar-refractivity contribution in [1.29, 1.82) is 5.26 Å². The van der Waals surface area contributed by atoms with Gasteiger partial charge < -0.3 is 20.5 Å². The summed E-state index contributed by atoms with van der Waals surface area (Å²) >= 11 is 0. The first-order chi connectivity index (χ1) is 11.9. The molecule has 134 valence electrons. The lowest BCUT2D eigenvalue weighted by Gasteiger charge is -2.16. The van der Waals surface area contributed by atoms with E-state index in [1.165, 1.54) is 6.20 Å². The monoisotopic (exact) mass is 345 g/mol. The molecule has 0 saturated heterocycles. The number of nitriles is 1. The number of aliphatic carboxylic acids is 1. The predicted molar refractivity (Wildman–Crippen MR) is 92.6 cm³/mol. The summed E-state index contributed by atoms with van der Waals surface area (Å²) in [4.78, 5) is 23.3. The molecule has 1 rings (SSSR count). The normalized spacial score (nSPS) is 12.2. The molecule has 0 radical (unpaired) electrons. The Balaban J connectivity index is 2.73. The van der Waals surface area contributed by atoms with Crippen LogP contribution in [-0.2, 0) is 16.1 Å². The summed E-state index contributed by atoms with van der Waals surface area (Å²) in [6.45, 7) is 4.08. The zero-order valence-electron chi connectivity index (χ0n) is 14.6. The number of benzene rings is 1. The van der Waals surface area contributed by atoms with Crippen molar-refractivity contribution in [2.45, 2.75) is 32.9 Å². The highest BCUT2D eigenvalue weighted by Gasteiger charge is 2.22. The fourth-order valence-electron chi connectivity index (χ4n) is 2.19. The van der Waals surface area contributed by atoms with Crippen LogP contribution in [0.15, 0.2) is 36.0 Å². The molecule has 1 amide bonds. The zero-order valence-corrected chi connectivity index (χ0v) is 14.6. The van der Waals surface area contributed by atoms with Crippen LogP contribution >= 0.6 is 0 Å². The number of hydrogen-bond donors (Lipinski definition) is 3. The maximum atomic E-state index is 12.1. The van der Waals surface area contributed by atoms with Gasteiger partial charge in [-0.05, 0) is 18.4 Å². The van der Waals surface area contributed by atoms with Crippen molar-refractivity contribution in [1.82, 2.24) is 10.6 Å². The highest BCUT2D eigenvalue weighted by atomic mass is 16.5. The second kappa shape index (κ2) is 9.98. The molecule has 0 bridgehead atoms. The predicted octanol–water partition coefficient (Wildman–Crippen LogP) is 1.81. The van der Waals surface area contributed by atoms with E-state index in [0.717, 1.165) is 5.56 Å². The molecular formula is C18H23N3O4. The summed E-state index contributed by atoms with van der Waals surface area (Å²) < 4.78 is 5.22. The number of nitrogens with one attached hydrogen (secondary N) is 2. The quantitative estimate of drug-likeness (QED) is 0.465. The molecule has 0 aromatic heterocycles. The Labute approximate surface area is 147 Å². The molecule has 7 nitrogen and oxygen atoms in total. The molecular weight excluding hydrogens is 322 g/mol. The molecule has 0 aliphatic rings. The van der Waals surface area contributed by atoms with Crippen molar-refractivity contribution >= 4 is 11.9 Å². The number of carboxylic acid groups (broad SMARTS) is 1. The highest BCUT2D eigenvalue weighted by molar-refractivity contribution is 5.99. The minimum atomic E-state index is -1.12. The van der Waals surface area contributed by atoms with Gasteiger partial charge in [-0.15, -0.1) is 0 Å². The smallest absolute Gasteiger partial charge is 0.326 e. The van der Waals surface area contributed by atoms with Gasteiger partial charge in [0.2, 0.25) is 0 Å². The second-order valence-corrected chi connectivity index (χ2v) is 5.86. The van der Waals surface area contributed by atoms with Gasteiger partial charge in [0.05, 0.1) is 7.11 Å². The third-order valence-electron chi connectivity index (χ3n) is 3.41. The molecule has 0 fully saturated rings. The van der Waals surface area contributed by atoms with Crippen LogP contribution in [0.4, 0.5) is 0 Å². The summed E-state index contributed by atoms with van der Waals surface area (Å²) in [5.41, 5.74) is 0.673. The minimum absolute atomic E-state index is 0.0968. The van der Waals surface area contributed by atoms with Crippen molar-refractivity contribution in [3.63, 3.8) is 0 Å². The van der Waals surface area contributed by atoms with Gasteiger partial charge in [-0.2, -0.15) is 5.26 Å². The van der Waals surface area contributed by atoms with Gasteiger partial charge in [0.1, 0.15) is 23.4 Å². The van der Waals surface area contributed by atoms with Crippen LogP contribution in [0.3, 0.4) is 0 Å². The number of hydrogen-bond acceptors (Lipinski definition) is 5. The number of carbonyl (C=O) groups is 2. The molecule has 0 heterocycles. The maximum absolute atomic E-state index is 12.1. The molecule has 0 aliphatic carbocycles. The van der Waals surface area contributed by atoms with Crippen molar-refractivity contribution in [2.75, 3.05) is 7.11 Å². The Morgan fingerprint density at radius 2 is 2.04 bits per heavy atom.